The Morgan fingerprint density at radius 1 is 1.39 bits per heavy atom. The van der Waals surface area contributed by atoms with Gasteiger partial charge in [-0.3, -0.25) is 0 Å². The Balaban J connectivity index is 2.29. The average Bonchev–Trinajstić information content (AvgIpc) is 2.62. The number of methoxy groups -OCH3 is 1. The minimum absolute atomic E-state index is 0.381. The van der Waals surface area contributed by atoms with Crippen molar-refractivity contribution in [2.75, 3.05) is 25.1 Å². The molecule has 5 nitrogen and oxygen atoms in total. The summed E-state index contributed by atoms with van der Waals surface area (Å²) in [4.78, 5) is 11.1. The van der Waals surface area contributed by atoms with Crippen LogP contribution in [0, 0.1) is 6.92 Å². The quantitative estimate of drug-likeness (QED) is 0.880. The molecular weight excluding hydrogens is 228 g/mol. The van der Waals surface area contributed by atoms with E-state index >= 15 is 0 Å². The summed E-state index contributed by atoms with van der Waals surface area (Å²) >= 11 is 0. The monoisotopic (exact) mass is 250 g/mol. The molecule has 0 bridgehead atoms. The van der Waals surface area contributed by atoms with Gasteiger partial charge in [0.05, 0.1) is 7.11 Å². The number of anilines is 1. The van der Waals surface area contributed by atoms with Crippen molar-refractivity contribution < 1.29 is 4.74 Å². The maximum Gasteiger partial charge on any atom is 0.218 e. The Morgan fingerprint density at radius 2 is 2.22 bits per heavy atom. The molecule has 1 atom stereocenters. The molecule has 18 heavy (non-hydrogen) atoms. The van der Waals surface area contributed by atoms with Crippen LogP contribution >= 0.6 is 0 Å². The van der Waals surface area contributed by atoms with Crippen LogP contribution in [0.15, 0.2) is 6.07 Å². The second-order valence-electron chi connectivity index (χ2n) is 4.75. The highest BCUT2D eigenvalue weighted by Crippen LogP contribution is 2.24. The maximum absolute atomic E-state index is 5.89. The number of aryl methyl sites for hydroxylation is 1. The van der Waals surface area contributed by atoms with Gasteiger partial charge in [0.2, 0.25) is 5.88 Å². The van der Waals surface area contributed by atoms with Gasteiger partial charge in [-0.15, -0.1) is 0 Å². The second-order valence-corrected chi connectivity index (χ2v) is 4.75. The molecule has 0 radical (unpaired) electrons. The van der Waals surface area contributed by atoms with Gasteiger partial charge in [-0.2, -0.15) is 4.98 Å². The molecule has 0 spiro atoms. The fraction of sp³-hybridized carbons (Fsp3) is 0.692. The standard InChI is InChI=1S/C13H22N4O/c1-10-15-12(8-13(16-10)18-2)17-7-5-3-4-6-11(17)9-14/h8,11H,3-7,9,14H2,1-2H3. The number of aromatic nitrogens is 2. The lowest BCUT2D eigenvalue weighted by Gasteiger charge is -2.30. The lowest BCUT2D eigenvalue weighted by atomic mass is 10.1. The summed E-state index contributed by atoms with van der Waals surface area (Å²) < 4.78 is 5.22. The van der Waals surface area contributed by atoms with Crippen molar-refractivity contribution in [3.8, 4) is 5.88 Å². The molecular formula is C13H22N4O. The third-order valence-corrected chi connectivity index (χ3v) is 3.45. The molecule has 100 valence electrons. The molecule has 2 N–H and O–H groups in total. The van der Waals surface area contributed by atoms with Crippen LogP contribution in [0.5, 0.6) is 5.88 Å². The normalized spacial score (nSPS) is 20.6. The first-order valence-electron chi connectivity index (χ1n) is 6.61. The van der Waals surface area contributed by atoms with Gasteiger partial charge in [0, 0.05) is 25.2 Å². The van der Waals surface area contributed by atoms with Crippen molar-refractivity contribution in [2.24, 2.45) is 5.73 Å². The summed E-state index contributed by atoms with van der Waals surface area (Å²) in [6.45, 7) is 3.58. The Morgan fingerprint density at radius 3 is 2.94 bits per heavy atom. The van der Waals surface area contributed by atoms with Crippen LogP contribution < -0.4 is 15.4 Å². The van der Waals surface area contributed by atoms with Gasteiger partial charge in [-0.05, 0) is 19.8 Å². The van der Waals surface area contributed by atoms with Gasteiger partial charge >= 0.3 is 0 Å². The van der Waals surface area contributed by atoms with E-state index in [1.165, 1.54) is 19.3 Å². The van der Waals surface area contributed by atoms with Gasteiger partial charge in [-0.1, -0.05) is 12.8 Å². The van der Waals surface area contributed by atoms with Crippen molar-refractivity contribution in [3.63, 3.8) is 0 Å². The summed E-state index contributed by atoms with van der Waals surface area (Å²) in [5, 5.41) is 0. The molecule has 1 aliphatic heterocycles. The first-order valence-corrected chi connectivity index (χ1v) is 6.61. The van der Waals surface area contributed by atoms with Gasteiger partial charge in [-0.25, -0.2) is 4.98 Å². The summed E-state index contributed by atoms with van der Waals surface area (Å²) in [6, 6.07) is 2.28. The number of nitrogens with zero attached hydrogens (tertiary/aromatic N) is 3. The van der Waals surface area contributed by atoms with Crippen molar-refractivity contribution >= 4 is 5.82 Å². The molecule has 5 heteroatoms. The zero-order valence-corrected chi connectivity index (χ0v) is 11.2. The minimum Gasteiger partial charge on any atom is -0.481 e. The topological polar surface area (TPSA) is 64.3 Å². The highest BCUT2D eigenvalue weighted by Gasteiger charge is 2.21. The largest absolute Gasteiger partial charge is 0.481 e. The molecule has 0 aromatic carbocycles. The van der Waals surface area contributed by atoms with E-state index in [2.05, 4.69) is 14.9 Å². The number of nitrogens with two attached hydrogens (primary N) is 1. The van der Waals surface area contributed by atoms with Crippen molar-refractivity contribution in [1.82, 2.24) is 9.97 Å². The molecule has 1 aromatic heterocycles. The molecule has 1 aromatic rings. The summed E-state index contributed by atoms with van der Waals surface area (Å²) in [7, 11) is 1.63. The smallest absolute Gasteiger partial charge is 0.218 e. The van der Waals surface area contributed by atoms with Crippen molar-refractivity contribution in [2.45, 2.75) is 38.6 Å². The zero-order valence-electron chi connectivity index (χ0n) is 11.2. The van der Waals surface area contributed by atoms with Gasteiger partial charge in [0.15, 0.2) is 0 Å². The third kappa shape index (κ3) is 2.90. The molecule has 0 aliphatic carbocycles. The number of hydrogen-bond acceptors (Lipinski definition) is 5. The van der Waals surface area contributed by atoms with Crippen LogP contribution in [0.4, 0.5) is 5.82 Å². The molecule has 1 fully saturated rings. The van der Waals surface area contributed by atoms with E-state index in [1.807, 2.05) is 13.0 Å². The lowest BCUT2D eigenvalue weighted by molar-refractivity contribution is 0.395. The molecule has 0 amide bonds. The highest BCUT2D eigenvalue weighted by molar-refractivity contribution is 5.43. The van der Waals surface area contributed by atoms with E-state index in [1.54, 1.807) is 7.11 Å². The summed E-state index contributed by atoms with van der Waals surface area (Å²) in [5.74, 6) is 2.30. The van der Waals surface area contributed by atoms with Crippen LogP contribution in [-0.4, -0.2) is 36.2 Å². The average molecular weight is 250 g/mol. The van der Waals surface area contributed by atoms with Crippen LogP contribution in [0.1, 0.15) is 31.5 Å². The first-order chi connectivity index (χ1) is 8.74. The van der Waals surface area contributed by atoms with Crippen molar-refractivity contribution in [3.05, 3.63) is 11.9 Å². The van der Waals surface area contributed by atoms with Gasteiger partial charge in [0.25, 0.3) is 0 Å². The zero-order chi connectivity index (χ0) is 13.0. The van der Waals surface area contributed by atoms with E-state index in [9.17, 15) is 0 Å². The molecule has 2 heterocycles. The van der Waals surface area contributed by atoms with E-state index in [0.717, 1.165) is 24.6 Å². The van der Waals surface area contributed by atoms with E-state index < -0.39 is 0 Å². The number of ether oxygens (including phenoxy) is 1. The van der Waals surface area contributed by atoms with Crippen LogP contribution in [0.3, 0.4) is 0 Å². The van der Waals surface area contributed by atoms with Crippen LogP contribution in [0.25, 0.3) is 0 Å². The Hall–Kier alpha value is -1.36. The SMILES string of the molecule is COc1cc(N2CCCCCC2CN)nc(C)n1. The Kier molecular flexibility index (Phi) is 4.36. The fourth-order valence-corrected chi connectivity index (χ4v) is 2.50. The molecule has 2 rings (SSSR count). The van der Waals surface area contributed by atoms with E-state index in [0.29, 0.717) is 18.5 Å². The van der Waals surface area contributed by atoms with Crippen molar-refractivity contribution in [1.29, 1.82) is 0 Å². The molecule has 1 aliphatic rings. The molecule has 1 unspecified atom stereocenters. The fourth-order valence-electron chi connectivity index (χ4n) is 2.50. The van der Waals surface area contributed by atoms with E-state index in [4.69, 9.17) is 10.5 Å². The highest BCUT2D eigenvalue weighted by atomic mass is 16.5. The second kappa shape index (κ2) is 6.00. The molecule has 0 saturated carbocycles. The first kappa shape index (κ1) is 13.1. The Labute approximate surface area is 108 Å². The Bertz CT molecular complexity index is 397. The van der Waals surface area contributed by atoms with Crippen LogP contribution in [0.2, 0.25) is 0 Å². The predicted octanol–water partition coefficient (Wildman–Crippen LogP) is 1.50. The number of rotatable bonds is 3. The van der Waals surface area contributed by atoms with Crippen LogP contribution in [-0.2, 0) is 0 Å². The summed E-state index contributed by atoms with van der Waals surface area (Å²) in [6.07, 6.45) is 4.86. The maximum atomic E-state index is 5.89. The van der Waals surface area contributed by atoms with E-state index in [-0.39, 0.29) is 0 Å². The molecule has 1 saturated heterocycles. The third-order valence-electron chi connectivity index (χ3n) is 3.45. The van der Waals surface area contributed by atoms with Gasteiger partial charge < -0.3 is 15.4 Å². The van der Waals surface area contributed by atoms with Gasteiger partial charge in [0.1, 0.15) is 11.6 Å². The summed E-state index contributed by atoms with van der Waals surface area (Å²) in [5.41, 5.74) is 5.89. The predicted molar refractivity (Wildman–Crippen MR) is 72.0 cm³/mol. The number of hydrogen-bond donors (Lipinski definition) is 1. The minimum atomic E-state index is 0.381. The lowest BCUT2D eigenvalue weighted by Crippen LogP contribution is -2.40.